The zero-order valence-corrected chi connectivity index (χ0v) is 11.3. The van der Waals surface area contributed by atoms with Gasteiger partial charge in [0.1, 0.15) is 0 Å². The molecule has 1 N–H and O–H groups in total. The van der Waals surface area contributed by atoms with Crippen molar-refractivity contribution in [2.45, 2.75) is 45.8 Å². The molecule has 0 radical (unpaired) electrons. The van der Waals surface area contributed by atoms with Crippen LogP contribution in [-0.4, -0.2) is 50.3 Å². The summed E-state index contributed by atoms with van der Waals surface area (Å²) in [6, 6.07) is 0.516. The third kappa shape index (κ3) is 4.81. The lowest BCUT2D eigenvalue weighted by Crippen LogP contribution is -2.51. The zero-order valence-electron chi connectivity index (χ0n) is 11.3. The highest BCUT2D eigenvalue weighted by Gasteiger charge is 2.26. The Bertz CT molecular complexity index is 185. The molecule has 1 heterocycles. The van der Waals surface area contributed by atoms with Gasteiger partial charge >= 0.3 is 0 Å². The Morgan fingerprint density at radius 3 is 2.75 bits per heavy atom. The Kier molecular flexibility index (Phi) is 6.32. The molecule has 0 aromatic rings. The maximum Gasteiger partial charge on any atom is 0.0855 e. The Morgan fingerprint density at radius 1 is 1.44 bits per heavy atom. The lowest BCUT2D eigenvalue weighted by Gasteiger charge is -2.36. The van der Waals surface area contributed by atoms with E-state index < -0.39 is 0 Å². The second-order valence-corrected chi connectivity index (χ2v) is 5.36. The van der Waals surface area contributed by atoms with Gasteiger partial charge in [-0.2, -0.15) is 0 Å². The highest BCUT2D eigenvalue weighted by atomic mass is 16.5. The summed E-state index contributed by atoms with van der Waals surface area (Å²) in [4.78, 5) is 2.37. The van der Waals surface area contributed by atoms with Crippen molar-refractivity contribution >= 4 is 0 Å². The third-order valence-corrected chi connectivity index (χ3v) is 3.13. The SMILES string of the molecule is CCCNC(CC(C)C)C1CN(C)CCO1. The van der Waals surface area contributed by atoms with Crippen LogP contribution in [0.25, 0.3) is 0 Å². The number of likely N-dealkylation sites (N-methyl/N-ethyl adjacent to an activating group) is 1. The average molecular weight is 228 g/mol. The van der Waals surface area contributed by atoms with Gasteiger partial charge in [-0.1, -0.05) is 20.8 Å². The fourth-order valence-corrected chi connectivity index (χ4v) is 2.26. The smallest absolute Gasteiger partial charge is 0.0855 e. The van der Waals surface area contributed by atoms with Gasteiger partial charge in [-0.05, 0) is 32.4 Å². The van der Waals surface area contributed by atoms with Crippen LogP contribution >= 0.6 is 0 Å². The monoisotopic (exact) mass is 228 g/mol. The van der Waals surface area contributed by atoms with Gasteiger partial charge in [0, 0.05) is 19.1 Å². The van der Waals surface area contributed by atoms with E-state index in [1.165, 1.54) is 12.8 Å². The van der Waals surface area contributed by atoms with E-state index in [9.17, 15) is 0 Å². The van der Waals surface area contributed by atoms with Crippen molar-refractivity contribution in [2.24, 2.45) is 5.92 Å². The molecule has 2 atom stereocenters. The molecule has 96 valence electrons. The van der Waals surface area contributed by atoms with Gasteiger partial charge in [-0.15, -0.1) is 0 Å². The van der Waals surface area contributed by atoms with Crippen LogP contribution in [0, 0.1) is 5.92 Å². The molecule has 1 fully saturated rings. The van der Waals surface area contributed by atoms with Crippen molar-refractivity contribution in [3.8, 4) is 0 Å². The summed E-state index contributed by atoms with van der Waals surface area (Å²) < 4.78 is 5.90. The molecular weight excluding hydrogens is 200 g/mol. The van der Waals surface area contributed by atoms with Crippen LogP contribution in [0.15, 0.2) is 0 Å². The second kappa shape index (κ2) is 7.25. The van der Waals surface area contributed by atoms with E-state index in [-0.39, 0.29) is 0 Å². The molecule has 0 aliphatic carbocycles. The molecule has 16 heavy (non-hydrogen) atoms. The minimum Gasteiger partial charge on any atom is -0.374 e. The number of nitrogens with one attached hydrogen (secondary N) is 1. The molecule has 0 saturated carbocycles. The fourth-order valence-electron chi connectivity index (χ4n) is 2.26. The first-order chi connectivity index (χ1) is 7.63. The summed E-state index contributed by atoms with van der Waals surface area (Å²) in [5, 5.41) is 3.64. The van der Waals surface area contributed by atoms with Crippen molar-refractivity contribution in [3.05, 3.63) is 0 Å². The molecule has 3 heteroatoms. The van der Waals surface area contributed by atoms with Crippen LogP contribution in [0.1, 0.15) is 33.6 Å². The molecule has 1 aliphatic heterocycles. The summed E-state index contributed by atoms with van der Waals surface area (Å²) in [6.45, 7) is 10.9. The molecule has 3 nitrogen and oxygen atoms in total. The maximum atomic E-state index is 5.90. The van der Waals surface area contributed by atoms with Gasteiger partial charge in [0.15, 0.2) is 0 Å². The zero-order chi connectivity index (χ0) is 12.0. The Morgan fingerprint density at radius 2 is 2.19 bits per heavy atom. The van der Waals surface area contributed by atoms with E-state index in [4.69, 9.17) is 4.74 Å². The first kappa shape index (κ1) is 13.9. The second-order valence-electron chi connectivity index (χ2n) is 5.36. The lowest BCUT2D eigenvalue weighted by molar-refractivity contribution is -0.0417. The van der Waals surface area contributed by atoms with Gasteiger partial charge in [0.25, 0.3) is 0 Å². The highest BCUT2D eigenvalue weighted by molar-refractivity contribution is 4.82. The molecule has 0 aromatic heterocycles. The van der Waals surface area contributed by atoms with E-state index in [0.717, 1.165) is 32.2 Å². The van der Waals surface area contributed by atoms with Crippen LogP contribution < -0.4 is 5.32 Å². The minimum atomic E-state index is 0.368. The van der Waals surface area contributed by atoms with E-state index in [1.807, 2.05) is 0 Å². The summed E-state index contributed by atoms with van der Waals surface area (Å²) in [6.07, 6.45) is 2.77. The molecule has 1 saturated heterocycles. The number of hydrogen-bond donors (Lipinski definition) is 1. The predicted molar refractivity (Wildman–Crippen MR) is 68.8 cm³/mol. The fraction of sp³-hybridized carbons (Fsp3) is 1.00. The summed E-state index contributed by atoms with van der Waals surface area (Å²) >= 11 is 0. The molecule has 1 rings (SSSR count). The van der Waals surface area contributed by atoms with Gasteiger partial charge in [0.05, 0.1) is 12.7 Å². The standard InChI is InChI=1S/C13H28N2O/c1-5-6-14-12(9-11(2)3)13-10-15(4)7-8-16-13/h11-14H,5-10H2,1-4H3. The number of ether oxygens (including phenoxy) is 1. The topological polar surface area (TPSA) is 24.5 Å². The Labute approximate surface area is 101 Å². The van der Waals surface area contributed by atoms with Crippen LogP contribution in [0.3, 0.4) is 0 Å². The third-order valence-electron chi connectivity index (χ3n) is 3.13. The van der Waals surface area contributed by atoms with Crippen molar-refractivity contribution in [1.29, 1.82) is 0 Å². The minimum absolute atomic E-state index is 0.368. The van der Waals surface area contributed by atoms with Crippen molar-refractivity contribution in [2.75, 3.05) is 33.3 Å². The number of rotatable bonds is 6. The van der Waals surface area contributed by atoms with Crippen LogP contribution in [0.4, 0.5) is 0 Å². The molecule has 0 amide bonds. The van der Waals surface area contributed by atoms with Crippen LogP contribution in [0.5, 0.6) is 0 Å². The molecule has 0 aromatic carbocycles. The van der Waals surface area contributed by atoms with E-state index in [0.29, 0.717) is 12.1 Å². The number of nitrogens with zero attached hydrogens (tertiary/aromatic N) is 1. The lowest BCUT2D eigenvalue weighted by atomic mass is 9.98. The maximum absolute atomic E-state index is 5.90. The molecule has 0 bridgehead atoms. The van der Waals surface area contributed by atoms with E-state index in [2.05, 4.69) is 38.0 Å². The van der Waals surface area contributed by atoms with Crippen LogP contribution in [-0.2, 0) is 4.74 Å². The molecular formula is C13H28N2O. The molecule has 0 spiro atoms. The first-order valence-electron chi connectivity index (χ1n) is 6.67. The Hall–Kier alpha value is -0.120. The first-order valence-corrected chi connectivity index (χ1v) is 6.67. The van der Waals surface area contributed by atoms with Gasteiger partial charge in [-0.3, -0.25) is 0 Å². The van der Waals surface area contributed by atoms with Crippen LogP contribution in [0.2, 0.25) is 0 Å². The normalized spacial score (nSPS) is 24.9. The van der Waals surface area contributed by atoms with E-state index in [1.54, 1.807) is 0 Å². The van der Waals surface area contributed by atoms with Gasteiger partial charge < -0.3 is 15.0 Å². The predicted octanol–water partition coefficient (Wildman–Crippen LogP) is 1.73. The largest absolute Gasteiger partial charge is 0.374 e. The van der Waals surface area contributed by atoms with Crippen molar-refractivity contribution in [3.63, 3.8) is 0 Å². The van der Waals surface area contributed by atoms with E-state index >= 15 is 0 Å². The average Bonchev–Trinajstić information content (AvgIpc) is 2.23. The molecule has 2 unspecified atom stereocenters. The summed E-state index contributed by atoms with van der Waals surface area (Å²) in [5.74, 6) is 0.727. The van der Waals surface area contributed by atoms with Crippen molar-refractivity contribution < 1.29 is 4.74 Å². The highest BCUT2D eigenvalue weighted by Crippen LogP contribution is 2.14. The van der Waals surface area contributed by atoms with Gasteiger partial charge in [-0.25, -0.2) is 0 Å². The van der Waals surface area contributed by atoms with Gasteiger partial charge in [0.2, 0.25) is 0 Å². The summed E-state index contributed by atoms with van der Waals surface area (Å²) in [7, 11) is 2.18. The van der Waals surface area contributed by atoms with Crippen molar-refractivity contribution in [1.82, 2.24) is 10.2 Å². The number of hydrogen-bond acceptors (Lipinski definition) is 3. The number of morpholine rings is 1. The summed E-state index contributed by atoms with van der Waals surface area (Å²) in [5.41, 5.74) is 0. The molecule has 1 aliphatic rings. The Balaban J connectivity index is 2.45. The quantitative estimate of drug-likeness (QED) is 0.749.